The van der Waals surface area contributed by atoms with Gasteiger partial charge in [-0.2, -0.15) is 37.5 Å². The van der Waals surface area contributed by atoms with Crippen molar-refractivity contribution in [2.45, 2.75) is 40.0 Å². The van der Waals surface area contributed by atoms with E-state index in [4.69, 9.17) is 0 Å². The van der Waals surface area contributed by atoms with Crippen LogP contribution in [-0.2, 0) is 26.2 Å². The minimum Gasteiger partial charge on any atom is -0.344 e. The van der Waals surface area contributed by atoms with Crippen molar-refractivity contribution in [3.8, 4) is 0 Å². The average molecular weight is 286 g/mol. The van der Waals surface area contributed by atoms with Crippen LogP contribution in [0.25, 0.3) is 0 Å². The molecule has 1 heteroatoms. The summed E-state index contributed by atoms with van der Waals surface area (Å²) >= 11 is 0. The number of hydrogen-bond acceptors (Lipinski definition) is 0. The Labute approximate surface area is 117 Å². The van der Waals surface area contributed by atoms with Gasteiger partial charge < -0.3 is 20.8 Å². The Morgan fingerprint density at radius 1 is 0.800 bits per heavy atom. The number of hydrogen-bond donors (Lipinski definition) is 0. The maximum atomic E-state index is 3.49. The summed E-state index contributed by atoms with van der Waals surface area (Å²) in [5.41, 5.74) is 0. The Morgan fingerprint density at radius 2 is 1.00 bits per heavy atom. The van der Waals surface area contributed by atoms with E-state index in [1.807, 2.05) is 51.1 Å². The van der Waals surface area contributed by atoms with Gasteiger partial charge in [0.2, 0.25) is 0 Å². The van der Waals surface area contributed by atoms with Crippen LogP contribution in [0.3, 0.4) is 0 Å². The summed E-state index contributed by atoms with van der Waals surface area (Å²) in [6, 6.07) is 10.0. The molecule has 0 fully saturated rings. The molecule has 0 nitrogen and oxygen atoms in total. The van der Waals surface area contributed by atoms with Gasteiger partial charge in [0.05, 0.1) is 0 Å². The molecule has 0 aliphatic rings. The van der Waals surface area contributed by atoms with Crippen LogP contribution in [0.4, 0.5) is 0 Å². The molecule has 0 aromatic heterocycles. The fourth-order valence-electron chi connectivity index (χ4n) is 0.321. The Hall–Kier alpha value is 0.233. The van der Waals surface area contributed by atoms with Crippen LogP contribution in [0.2, 0.25) is 0 Å². The molecule has 0 N–H and O–H groups in total. The van der Waals surface area contributed by atoms with E-state index in [2.05, 4.69) is 20.8 Å². The van der Waals surface area contributed by atoms with Crippen molar-refractivity contribution < 1.29 is 26.2 Å². The van der Waals surface area contributed by atoms with Crippen molar-refractivity contribution in [1.29, 1.82) is 0 Å². The maximum absolute atomic E-state index is 3.49. The molecule has 1 aromatic carbocycles. The fourth-order valence-corrected chi connectivity index (χ4v) is 0.321. The van der Waals surface area contributed by atoms with E-state index >= 15 is 0 Å². The summed E-state index contributed by atoms with van der Waals surface area (Å²) in [6.07, 6.45) is 3.00. The van der Waals surface area contributed by atoms with E-state index in [0.29, 0.717) is 0 Å². The molecule has 1 aromatic rings. The van der Waals surface area contributed by atoms with Gasteiger partial charge in [-0.25, -0.2) is 12.1 Å². The Bertz CT molecular complexity index is 88.9. The first-order chi connectivity index (χ1) is 6.74. The van der Waals surface area contributed by atoms with Crippen molar-refractivity contribution in [2.24, 2.45) is 0 Å². The minimum atomic E-state index is 0. The molecule has 0 saturated carbocycles. The summed E-state index contributed by atoms with van der Waals surface area (Å²) in [5.74, 6) is 0. The third-order valence-electron chi connectivity index (χ3n) is 0.556. The van der Waals surface area contributed by atoms with Crippen LogP contribution < -0.4 is 0 Å². The zero-order chi connectivity index (χ0) is 11.7. The molecule has 0 aliphatic carbocycles. The van der Waals surface area contributed by atoms with Gasteiger partial charge in [0, 0.05) is 0 Å². The third-order valence-corrected chi connectivity index (χ3v) is 0.556. The molecule has 86 valence electrons. The molecule has 0 amide bonds. The van der Waals surface area contributed by atoms with Gasteiger partial charge in [-0.15, -0.1) is 0 Å². The molecule has 0 saturated heterocycles. The summed E-state index contributed by atoms with van der Waals surface area (Å²) in [6.45, 7) is 16.5. The topological polar surface area (TPSA) is 0 Å². The summed E-state index contributed by atoms with van der Waals surface area (Å²) < 4.78 is 0. The van der Waals surface area contributed by atoms with Crippen LogP contribution in [0.1, 0.15) is 40.0 Å². The van der Waals surface area contributed by atoms with E-state index in [9.17, 15) is 0 Å². The van der Waals surface area contributed by atoms with Crippen molar-refractivity contribution in [3.63, 3.8) is 0 Å². The quantitative estimate of drug-likeness (QED) is 0.582. The smallest absolute Gasteiger partial charge is 0.344 e. The molecular weight excluding hydrogens is 259 g/mol. The second kappa shape index (κ2) is 36.8. The van der Waals surface area contributed by atoms with Crippen molar-refractivity contribution in [3.05, 3.63) is 51.1 Å². The van der Waals surface area contributed by atoms with Crippen LogP contribution in [-0.4, -0.2) is 0 Å². The van der Waals surface area contributed by atoms with Gasteiger partial charge >= 0.3 is 26.2 Å². The van der Waals surface area contributed by atoms with Gasteiger partial charge in [0.15, 0.2) is 0 Å². The third kappa shape index (κ3) is 77.8. The van der Waals surface area contributed by atoms with Crippen molar-refractivity contribution >= 4 is 0 Å². The maximum Gasteiger partial charge on any atom is 4.00 e. The molecule has 0 heterocycles. The monoisotopic (exact) mass is 284 g/mol. The van der Waals surface area contributed by atoms with Crippen molar-refractivity contribution in [2.75, 3.05) is 0 Å². The van der Waals surface area contributed by atoms with E-state index < -0.39 is 0 Å². The van der Waals surface area contributed by atoms with E-state index in [1.54, 1.807) is 0 Å². The molecule has 15 heavy (non-hydrogen) atoms. The number of rotatable bonds is 0. The van der Waals surface area contributed by atoms with E-state index in [-0.39, 0.29) is 26.2 Å². The van der Waals surface area contributed by atoms with Crippen LogP contribution in [0.15, 0.2) is 30.3 Å². The zero-order valence-corrected chi connectivity index (χ0v) is 13.1. The van der Waals surface area contributed by atoms with E-state index in [1.165, 1.54) is 0 Å². The van der Waals surface area contributed by atoms with Gasteiger partial charge in [-0.3, -0.25) is 0 Å². The molecule has 0 aliphatic heterocycles. The summed E-state index contributed by atoms with van der Waals surface area (Å²) in [5, 5.41) is 0. The molecular formula is C14H26Zr. The van der Waals surface area contributed by atoms with Gasteiger partial charge in [-0.05, 0) is 0 Å². The average Bonchev–Trinajstić information content (AvgIpc) is 2.63. The Kier molecular flexibility index (Phi) is 60.0. The fraction of sp³-hybridized carbons (Fsp3) is 0.429. The summed E-state index contributed by atoms with van der Waals surface area (Å²) in [7, 11) is 0. The normalized spacial score (nSPS) is 6.27. The predicted octanol–water partition coefficient (Wildman–Crippen LogP) is 5.09. The second-order valence-corrected chi connectivity index (χ2v) is 2.46. The molecule has 0 spiro atoms. The Morgan fingerprint density at radius 3 is 1.07 bits per heavy atom. The first-order valence-corrected chi connectivity index (χ1v) is 5.29. The first-order valence-electron chi connectivity index (χ1n) is 5.29. The van der Waals surface area contributed by atoms with Gasteiger partial charge in [0.25, 0.3) is 0 Å². The molecule has 1 rings (SSSR count). The molecule has 0 unspecified atom stereocenters. The Balaban J connectivity index is -0.0000000550. The minimum absolute atomic E-state index is 0. The van der Waals surface area contributed by atoms with Gasteiger partial charge in [-0.1, -0.05) is 20.8 Å². The van der Waals surface area contributed by atoms with Crippen LogP contribution in [0, 0.1) is 20.8 Å². The zero-order valence-electron chi connectivity index (χ0n) is 10.6. The molecule has 0 atom stereocenters. The SMILES string of the molecule is [CH2-]CC.[CH2-]CC.[CH2-]CC.[Zr+4].c1cc[cH-]c1. The second-order valence-electron chi connectivity index (χ2n) is 2.46. The largest absolute Gasteiger partial charge is 4.00 e. The first kappa shape index (κ1) is 24.5. The standard InChI is InChI=1S/C5H5.3C3H7.Zr/c1-2-4-5-3-1;3*1-3-2;/h1-5H;3*1,3H2,2H3;/q4*-1;+4. The summed E-state index contributed by atoms with van der Waals surface area (Å²) in [4.78, 5) is 0. The van der Waals surface area contributed by atoms with Gasteiger partial charge in [0.1, 0.15) is 0 Å². The van der Waals surface area contributed by atoms with Crippen LogP contribution >= 0.6 is 0 Å². The van der Waals surface area contributed by atoms with Crippen LogP contribution in [0.5, 0.6) is 0 Å². The predicted molar refractivity (Wildman–Crippen MR) is 69.0 cm³/mol. The van der Waals surface area contributed by atoms with E-state index in [0.717, 1.165) is 19.3 Å². The molecule has 0 radical (unpaired) electrons. The molecule has 0 bridgehead atoms. The van der Waals surface area contributed by atoms with Crippen molar-refractivity contribution in [1.82, 2.24) is 0 Å².